The number of nitrogen functional groups attached to an aromatic ring is 1. The number of rotatable bonds is 0. The van der Waals surface area contributed by atoms with Crippen molar-refractivity contribution in [3.05, 3.63) is 45.3 Å². The first-order chi connectivity index (χ1) is 7.66. The zero-order chi connectivity index (χ0) is 11.3. The molecular weight excluding hydrogens is 332 g/mol. The molecule has 0 spiro atoms. The summed E-state index contributed by atoms with van der Waals surface area (Å²) in [6.07, 6.45) is 0. The van der Waals surface area contributed by atoms with Crippen LogP contribution in [0.1, 0.15) is 0 Å². The lowest BCUT2D eigenvalue weighted by Gasteiger charge is -1.97. The highest BCUT2D eigenvalue weighted by Gasteiger charge is 2.08. The van der Waals surface area contributed by atoms with Crippen molar-refractivity contribution in [2.24, 2.45) is 0 Å². The predicted octanol–water partition coefficient (Wildman–Crippen LogP) is 4.03. The average Bonchev–Trinajstić information content (AvgIpc) is 2.52. The van der Waals surface area contributed by atoms with Gasteiger partial charge < -0.3 is 5.84 Å². The van der Waals surface area contributed by atoms with Crippen molar-refractivity contribution in [1.29, 1.82) is 0 Å². The van der Waals surface area contributed by atoms with Gasteiger partial charge in [0.15, 0.2) is 0 Å². The second-order valence-electron chi connectivity index (χ2n) is 3.69. The lowest BCUT2D eigenvalue weighted by molar-refractivity contribution is 1.12. The molecule has 16 heavy (non-hydrogen) atoms. The van der Waals surface area contributed by atoms with Crippen LogP contribution in [0.4, 0.5) is 0 Å². The monoisotopic (exact) mass is 338 g/mol. The molecule has 0 saturated heterocycles. The Morgan fingerprint density at radius 3 is 1.69 bits per heavy atom. The zero-order valence-corrected chi connectivity index (χ0v) is 11.4. The smallest absolute Gasteiger partial charge is 0.0704 e. The summed E-state index contributed by atoms with van der Waals surface area (Å²) in [7, 11) is 0. The van der Waals surface area contributed by atoms with Crippen LogP contribution < -0.4 is 5.84 Å². The van der Waals surface area contributed by atoms with Crippen LogP contribution in [0.25, 0.3) is 21.8 Å². The minimum Gasteiger partial charge on any atom is -0.339 e. The molecule has 3 aromatic rings. The van der Waals surface area contributed by atoms with E-state index in [-0.39, 0.29) is 0 Å². The minimum absolute atomic E-state index is 1.04. The fourth-order valence-corrected chi connectivity index (χ4v) is 2.72. The van der Waals surface area contributed by atoms with Crippen molar-refractivity contribution in [3.8, 4) is 0 Å². The number of fused-ring (bicyclic) bond motifs is 3. The number of hydrogen-bond acceptors (Lipinski definition) is 1. The second-order valence-corrected chi connectivity index (χ2v) is 5.52. The Bertz CT molecular complexity index is 642. The van der Waals surface area contributed by atoms with Gasteiger partial charge in [0, 0.05) is 19.7 Å². The first kappa shape index (κ1) is 10.2. The molecule has 0 radical (unpaired) electrons. The van der Waals surface area contributed by atoms with Crippen LogP contribution in [0, 0.1) is 0 Å². The van der Waals surface area contributed by atoms with E-state index in [1.54, 1.807) is 4.68 Å². The molecule has 2 N–H and O–H groups in total. The Morgan fingerprint density at radius 2 is 1.25 bits per heavy atom. The van der Waals surface area contributed by atoms with Gasteiger partial charge in [-0.3, -0.25) is 4.68 Å². The average molecular weight is 340 g/mol. The molecule has 4 heteroatoms. The summed E-state index contributed by atoms with van der Waals surface area (Å²) in [6, 6.07) is 12.2. The van der Waals surface area contributed by atoms with Gasteiger partial charge in [-0.25, -0.2) is 0 Å². The van der Waals surface area contributed by atoms with Crippen LogP contribution in [0.15, 0.2) is 45.3 Å². The molecular formula is C12H8Br2N2. The van der Waals surface area contributed by atoms with Gasteiger partial charge in [0.25, 0.3) is 0 Å². The molecule has 0 bridgehead atoms. The van der Waals surface area contributed by atoms with E-state index in [4.69, 9.17) is 5.84 Å². The van der Waals surface area contributed by atoms with E-state index >= 15 is 0 Å². The molecule has 0 aliphatic heterocycles. The summed E-state index contributed by atoms with van der Waals surface area (Å²) < 4.78 is 3.85. The molecule has 2 nitrogen and oxygen atoms in total. The molecule has 80 valence electrons. The van der Waals surface area contributed by atoms with Crippen LogP contribution >= 0.6 is 31.9 Å². The van der Waals surface area contributed by atoms with Crippen molar-refractivity contribution < 1.29 is 0 Å². The zero-order valence-electron chi connectivity index (χ0n) is 8.24. The fourth-order valence-electron chi connectivity index (χ4n) is 2.00. The fraction of sp³-hybridized carbons (Fsp3) is 0. The summed E-state index contributed by atoms with van der Waals surface area (Å²) in [5, 5.41) is 2.32. The van der Waals surface area contributed by atoms with E-state index < -0.39 is 0 Å². The van der Waals surface area contributed by atoms with Crippen LogP contribution in [-0.2, 0) is 0 Å². The van der Waals surface area contributed by atoms with Gasteiger partial charge in [0.05, 0.1) is 11.0 Å². The number of halogens is 2. The SMILES string of the molecule is Nn1c2ccc(Br)cc2c2cc(Br)ccc21. The Morgan fingerprint density at radius 1 is 0.812 bits per heavy atom. The maximum absolute atomic E-state index is 6.06. The van der Waals surface area contributed by atoms with Gasteiger partial charge in [0.2, 0.25) is 0 Å². The van der Waals surface area contributed by atoms with E-state index in [1.807, 2.05) is 24.3 Å². The molecule has 0 unspecified atom stereocenters. The standard InChI is InChI=1S/C12H8Br2N2/c13-7-1-3-11-9(5-7)10-6-8(14)2-4-12(10)16(11)15/h1-6H,15H2. The summed E-state index contributed by atoms with van der Waals surface area (Å²) >= 11 is 6.97. The summed E-state index contributed by atoms with van der Waals surface area (Å²) in [4.78, 5) is 0. The highest BCUT2D eigenvalue weighted by atomic mass is 79.9. The van der Waals surface area contributed by atoms with E-state index in [0.29, 0.717) is 0 Å². The second kappa shape index (κ2) is 3.50. The maximum atomic E-state index is 6.06. The first-order valence-corrected chi connectivity index (χ1v) is 6.40. The normalized spacial score (nSPS) is 11.4. The molecule has 0 fully saturated rings. The van der Waals surface area contributed by atoms with Crippen LogP contribution in [0.3, 0.4) is 0 Å². The predicted molar refractivity (Wildman–Crippen MR) is 75.0 cm³/mol. The van der Waals surface area contributed by atoms with Crippen molar-refractivity contribution in [3.63, 3.8) is 0 Å². The highest BCUT2D eigenvalue weighted by Crippen LogP contribution is 2.31. The molecule has 1 aromatic heterocycles. The van der Waals surface area contributed by atoms with Gasteiger partial charge in [-0.1, -0.05) is 31.9 Å². The van der Waals surface area contributed by atoms with Gasteiger partial charge in [-0.2, -0.15) is 0 Å². The van der Waals surface area contributed by atoms with Crippen molar-refractivity contribution in [1.82, 2.24) is 4.68 Å². The molecule has 1 heterocycles. The van der Waals surface area contributed by atoms with E-state index in [1.165, 1.54) is 0 Å². The number of aromatic nitrogens is 1. The first-order valence-electron chi connectivity index (χ1n) is 4.81. The topological polar surface area (TPSA) is 30.9 Å². The lowest BCUT2D eigenvalue weighted by Crippen LogP contribution is -2.06. The molecule has 0 aliphatic rings. The number of nitrogens with two attached hydrogens (primary N) is 1. The third-order valence-electron chi connectivity index (χ3n) is 2.73. The Hall–Kier alpha value is -1.00. The number of nitrogens with zero attached hydrogens (tertiary/aromatic N) is 1. The third-order valence-corrected chi connectivity index (χ3v) is 3.71. The van der Waals surface area contributed by atoms with Gasteiger partial charge in [-0.15, -0.1) is 0 Å². The summed E-state index contributed by atoms with van der Waals surface area (Å²) in [6.45, 7) is 0. The highest BCUT2D eigenvalue weighted by molar-refractivity contribution is 9.10. The van der Waals surface area contributed by atoms with Gasteiger partial charge in [0.1, 0.15) is 0 Å². The largest absolute Gasteiger partial charge is 0.339 e. The van der Waals surface area contributed by atoms with Crippen molar-refractivity contribution in [2.45, 2.75) is 0 Å². The Labute approximate surface area is 109 Å². The van der Waals surface area contributed by atoms with Crippen LogP contribution in [-0.4, -0.2) is 4.68 Å². The van der Waals surface area contributed by atoms with Gasteiger partial charge >= 0.3 is 0 Å². The van der Waals surface area contributed by atoms with Crippen LogP contribution in [0.5, 0.6) is 0 Å². The van der Waals surface area contributed by atoms with Crippen molar-refractivity contribution in [2.75, 3.05) is 5.84 Å². The molecule has 2 aromatic carbocycles. The van der Waals surface area contributed by atoms with Gasteiger partial charge in [-0.05, 0) is 36.4 Å². The van der Waals surface area contributed by atoms with E-state index in [9.17, 15) is 0 Å². The summed E-state index contributed by atoms with van der Waals surface area (Å²) in [5.74, 6) is 6.06. The molecule has 0 aliphatic carbocycles. The van der Waals surface area contributed by atoms with E-state index in [0.717, 1.165) is 30.8 Å². The lowest BCUT2D eigenvalue weighted by atomic mass is 10.2. The third kappa shape index (κ3) is 1.37. The molecule has 0 saturated carbocycles. The Balaban J connectivity index is 2.60. The van der Waals surface area contributed by atoms with Crippen molar-refractivity contribution >= 4 is 53.7 Å². The molecule has 0 amide bonds. The number of hydrogen-bond donors (Lipinski definition) is 1. The minimum atomic E-state index is 1.04. The quantitative estimate of drug-likeness (QED) is 0.616. The van der Waals surface area contributed by atoms with E-state index in [2.05, 4.69) is 44.0 Å². The van der Waals surface area contributed by atoms with Crippen LogP contribution in [0.2, 0.25) is 0 Å². The Kier molecular flexibility index (Phi) is 2.23. The summed E-state index contributed by atoms with van der Waals surface area (Å²) in [5.41, 5.74) is 2.08. The number of benzene rings is 2. The molecule has 0 atom stereocenters. The molecule has 3 rings (SSSR count). The maximum Gasteiger partial charge on any atom is 0.0704 e.